The van der Waals surface area contributed by atoms with Crippen molar-refractivity contribution in [1.82, 2.24) is 15.3 Å². The van der Waals surface area contributed by atoms with Crippen LogP contribution in [0.5, 0.6) is 5.75 Å². The van der Waals surface area contributed by atoms with E-state index in [1.807, 2.05) is 17.5 Å². The van der Waals surface area contributed by atoms with Crippen molar-refractivity contribution in [2.75, 3.05) is 30.8 Å². The summed E-state index contributed by atoms with van der Waals surface area (Å²) in [7, 11) is -1.82. The Labute approximate surface area is 227 Å². The Bertz CT molecular complexity index is 1560. The van der Waals surface area contributed by atoms with Gasteiger partial charge in [-0.3, -0.25) is 0 Å². The van der Waals surface area contributed by atoms with Gasteiger partial charge in [-0.1, -0.05) is 12.1 Å². The lowest BCUT2D eigenvalue weighted by Gasteiger charge is -2.25. The first-order valence-electron chi connectivity index (χ1n) is 12.8. The van der Waals surface area contributed by atoms with Gasteiger partial charge in [0, 0.05) is 0 Å². The van der Waals surface area contributed by atoms with E-state index in [9.17, 15) is 8.42 Å². The monoisotopic (exact) mass is 551 g/mol. The van der Waals surface area contributed by atoms with E-state index in [1.54, 1.807) is 39.2 Å². The molecule has 1 saturated heterocycles. The van der Waals surface area contributed by atoms with Gasteiger partial charge in [0.05, 0.1) is 34.0 Å². The van der Waals surface area contributed by atoms with Gasteiger partial charge in [0.2, 0.25) is 5.95 Å². The number of aryl methyl sites for hydroxylation is 1. The van der Waals surface area contributed by atoms with Crippen molar-refractivity contribution in [1.29, 1.82) is 0 Å². The Morgan fingerprint density at radius 3 is 2.55 bits per heavy atom. The summed E-state index contributed by atoms with van der Waals surface area (Å²) in [6.07, 6.45) is 2.22. The molecule has 8 nitrogen and oxygen atoms in total. The molecular formula is C28H33N5O3S2. The Morgan fingerprint density at radius 1 is 1.05 bits per heavy atom. The van der Waals surface area contributed by atoms with Gasteiger partial charge >= 0.3 is 0 Å². The number of anilines is 4. The molecule has 1 aliphatic rings. The van der Waals surface area contributed by atoms with E-state index in [4.69, 9.17) is 14.7 Å². The summed E-state index contributed by atoms with van der Waals surface area (Å²) in [5.74, 6) is 2.18. The summed E-state index contributed by atoms with van der Waals surface area (Å²) >= 11 is 1.50. The zero-order valence-corrected chi connectivity index (χ0v) is 23.7. The summed E-state index contributed by atoms with van der Waals surface area (Å²) in [6.45, 7) is 7.55. The molecular weight excluding hydrogens is 518 g/mol. The summed E-state index contributed by atoms with van der Waals surface area (Å²) in [5, 5.41) is 12.3. The minimum absolute atomic E-state index is 0.247. The Morgan fingerprint density at radius 2 is 1.82 bits per heavy atom. The summed E-state index contributed by atoms with van der Waals surface area (Å²) in [4.78, 5) is 10.5. The van der Waals surface area contributed by atoms with Crippen molar-refractivity contribution in [2.45, 2.75) is 49.7 Å². The van der Waals surface area contributed by atoms with Gasteiger partial charge in [-0.15, -0.1) is 11.3 Å². The molecule has 0 spiro atoms. The number of nitrogens with one attached hydrogen (secondary N) is 3. The number of thiophene rings is 1. The van der Waals surface area contributed by atoms with E-state index in [-0.39, 0.29) is 4.90 Å². The quantitative estimate of drug-likeness (QED) is 0.240. The zero-order valence-electron chi connectivity index (χ0n) is 22.0. The maximum atomic E-state index is 13.0. The maximum absolute atomic E-state index is 13.0. The minimum Gasteiger partial charge on any atom is -0.495 e. The standard InChI is InChI=1S/C28H33N5O3S2/c1-17(2)38(34,35)25-8-6-5-7-22(25)30-26-20-11-14-37-27(20)33-28(32-26)31-23-15-18(3)21(16-24(23)36-4)19-9-12-29-13-10-19/h5-8,11,14-17,19,29H,9-10,12-13H2,1-4H3,(H2,30,31,32,33). The average Bonchev–Trinajstić information content (AvgIpc) is 3.38. The molecule has 1 fully saturated rings. The minimum atomic E-state index is -3.49. The fourth-order valence-corrected chi connectivity index (χ4v) is 6.84. The molecule has 3 heterocycles. The SMILES string of the molecule is COc1cc(C2CCNCC2)c(C)cc1Nc1nc(Nc2ccccc2S(=O)(=O)C(C)C)c2ccsc2n1. The van der Waals surface area contributed by atoms with Crippen LogP contribution in [0.4, 0.5) is 23.1 Å². The van der Waals surface area contributed by atoms with Crippen molar-refractivity contribution >= 4 is 54.5 Å². The molecule has 0 saturated carbocycles. The van der Waals surface area contributed by atoms with Gasteiger partial charge in [0.15, 0.2) is 9.84 Å². The lowest BCUT2D eigenvalue weighted by atomic mass is 9.87. The number of hydrogen-bond donors (Lipinski definition) is 3. The topological polar surface area (TPSA) is 105 Å². The van der Waals surface area contributed by atoms with Crippen LogP contribution in [0.25, 0.3) is 10.2 Å². The average molecular weight is 552 g/mol. The van der Waals surface area contributed by atoms with E-state index in [0.29, 0.717) is 23.4 Å². The molecule has 0 unspecified atom stereocenters. The largest absolute Gasteiger partial charge is 0.495 e. The van der Waals surface area contributed by atoms with E-state index < -0.39 is 15.1 Å². The molecule has 2 aromatic carbocycles. The second kappa shape index (κ2) is 10.9. The number of hydrogen-bond acceptors (Lipinski definition) is 9. The van der Waals surface area contributed by atoms with E-state index >= 15 is 0 Å². The number of aromatic nitrogens is 2. The number of ether oxygens (including phenoxy) is 1. The van der Waals surface area contributed by atoms with Crippen LogP contribution in [0.3, 0.4) is 0 Å². The Balaban J connectivity index is 1.51. The number of rotatable bonds is 8. The third-order valence-electron chi connectivity index (χ3n) is 7.01. The molecule has 200 valence electrons. The van der Waals surface area contributed by atoms with Crippen molar-refractivity contribution in [2.24, 2.45) is 0 Å². The highest BCUT2D eigenvalue weighted by Gasteiger charge is 2.24. The highest BCUT2D eigenvalue weighted by Crippen LogP contribution is 2.38. The third kappa shape index (κ3) is 5.21. The van der Waals surface area contributed by atoms with Crippen LogP contribution in [-0.2, 0) is 9.84 Å². The van der Waals surface area contributed by atoms with Crippen LogP contribution >= 0.6 is 11.3 Å². The first-order chi connectivity index (χ1) is 18.3. The number of fused-ring (bicyclic) bond motifs is 1. The summed E-state index contributed by atoms with van der Waals surface area (Å²) in [6, 6.07) is 13.1. The van der Waals surface area contributed by atoms with Gasteiger partial charge < -0.3 is 20.7 Å². The van der Waals surface area contributed by atoms with Gasteiger partial charge in [0.25, 0.3) is 0 Å². The van der Waals surface area contributed by atoms with Gasteiger partial charge in [-0.05, 0) is 99.5 Å². The van der Waals surface area contributed by atoms with Crippen LogP contribution in [0.15, 0.2) is 52.7 Å². The second-order valence-electron chi connectivity index (χ2n) is 9.81. The lowest BCUT2D eigenvalue weighted by Crippen LogP contribution is -2.27. The van der Waals surface area contributed by atoms with Gasteiger partial charge in [0.1, 0.15) is 16.4 Å². The van der Waals surface area contributed by atoms with Crippen molar-refractivity contribution in [3.63, 3.8) is 0 Å². The number of para-hydroxylation sites is 1. The van der Waals surface area contributed by atoms with Gasteiger partial charge in [-0.2, -0.15) is 4.98 Å². The van der Waals surface area contributed by atoms with Crippen LogP contribution in [0, 0.1) is 6.92 Å². The number of benzene rings is 2. The van der Waals surface area contributed by atoms with Crippen molar-refractivity contribution < 1.29 is 13.2 Å². The highest BCUT2D eigenvalue weighted by molar-refractivity contribution is 7.92. The number of nitrogens with zero attached hydrogens (tertiary/aromatic N) is 2. The number of piperidine rings is 1. The molecule has 0 amide bonds. The third-order valence-corrected chi connectivity index (χ3v) is 10.0. The molecule has 38 heavy (non-hydrogen) atoms. The smallest absolute Gasteiger partial charge is 0.230 e. The molecule has 4 aromatic rings. The molecule has 0 bridgehead atoms. The number of sulfone groups is 1. The van der Waals surface area contributed by atoms with Gasteiger partial charge in [-0.25, -0.2) is 13.4 Å². The van der Waals surface area contributed by atoms with E-state index in [0.717, 1.165) is 47.6 Å². The lowest BCUT2D eigenvalue weighted by molar-refractivity contribution is 0.413. The van der Waals surface area contributed by atoms with E-state index in [1.165, 1.54) is 22.5 Å². The maximum Gasteiger partial charge on any atom is 0.230 e. The van der Waals surface area contributed by atoms with E-state index in [2.05, 4.69) is 35.0 Å². The zero-order chi connectivity index (χ0) is 26.9. The molecule has 0 radical (unpaired) electrons. The fraction of sp³-hybridized carbons (Fsp3) is 0.357. The fourth-order valence-electron chi connectivity index (χ4n) is 4.87. The van der Waals surface area contributed by atoms with Crippen molar-refractivity contribution in [3.8, 4) is 5.75 Å². The molecule has 0 atom stereocenters. The first-order valence-corrected chi connectivity index (χ1v) is 15.2. The van der Waals surface area contributed by atoms with Crippen LogP contribution in [0.2, 0.25) is 0 Å². The summed E-state index contributed by atoms with van der Waals surface area (Å²) in [5.41, 5.74) is 3.78. The molecule has 5 rings (SSSR count). The Kier molecular flexibility index (Phi) is 7.56. The molecule has 0 aliphatic carbocycles. The molecule has 2 aromatic heterocycles. The normalized spacial score (nSPS) is 14.7. The Hall–Kier alpha value is -3.21. The molecule has 1 aliphatic heterocycles. The second-order valence-corrected chi connectivity index (χ2v) is 13.2. The molecule has 10 heteroatoms. The van der Waals surface area contributed by atoms with Crippen LogP contribution in [-0.4, -0.2) is 43.8 Å². The van der Waals surface area contributed by atoms with Crippen LogP contribution < -0.4 is 20.7 Å². The highest BCUT2D eigenvalue weighted by atomic mass is 32.2. The first kappa shape index (κ1) is 26.4. The van der Waals surface area contributed by atoms with Crippen LogP contribution in [0.1, 0.15) is 43.7 Å². The predicted octanol–water partition coefficient (Wildman–Crippen LogP) is 6.14. The number of methoxy groups -OCH3 is 1. The molecule has 3 N–H and O–H groups in total. The summed E-state index contributed by atoms with van der Waals surface area (Å²) < 4.78 is 31.8. The van der Waals surface area contributed by atoms with Crippen molar-refractivity contribution in [3.05, 3.63) is 59.0 Å². The predicted molar refractivity (Wildman–Crippen MR) is 155 cm³/mol.